The number of hydrogen-bond acceptors (Lipinski definition) is 4. The molecular formula is C15H17N5. The second-order valence-corrected chi connectivity index (χ2v) is 5.14. The highest BCUT2D eigenvalue weighted by molar-refractivity contribution is 5.85. The Bertz CT molecular complexity index is 773. The number of anilines is 1. The van der Waals surface area contributed by atoms with Gasteiger partial charge in [-0.3, -0.25) is 4.98 Å². The third-order valence-electron chi connectivity index (χ3n) is 3.37. The summed E-state index contributed by atoms with van der Waals surface area (Å²) >= 11 is 0. The third-order valence-corrected chi connectivity index (χ3v) is 3.37. The van der Waals surface area contributed by atoms with Gasteiger partial charge in [-0.2, -0.15) is 0 Å². The molecule has 0 saturated carbocycles. The molecule has 0 radical (unpaired) electrons. The van der Waals surface area contributed by atoms with Crippen LogP contribution in [-0.2, 0) is 0 Å². The standard InChI is InChI=1S/C15H17N5/c1-9(2)15-19-13(14(16)20(15)17)11-5-6-12-10(8-11)4-3-7-18-12/h3-9H,16-17H2,1-2H3. The fourth-order valence-corrected chi connectivity index (χ4v) is 2.31. The number of pyridine rings is 1. The number of nitrogens with two attached hydrogens (primary N) is 2. The van der Waals surface area contributed by atoms with Crippen molar-refractivity contribution in [3.05, 3.63) is 42.4 Å². The first-order valence-corrected chi connectivity index (χ1v) is 6.56. The van der Waals surface area contributed by atoms with Gasteiger partial charge in [-0.25, -0.2) is 9.66 Å². The molecule has 0 aliphatic heterocycles. The highest BCUT2D eigenvalue weighted by Crippen LogP contribution is 2.29. The highest BCUT2D eigenvalue weighted by atomic mass is 15.4. The van der Waals surface area contributed by atoms with E-state index in [4.69, 9.17) is 11.6 Å². The largest absolute Gasteiger partial charge is 0.382 e. The third kappa shape index (κ3) is 1.87. The first-order valence-electron chi connectivity index (χ1n) is 6.56. The molecule has 0 bridgehead atoms. The first kappa shape index (κ1) is 12.5. The quantitative estimate of drug-likeness (QED) is 0.699. The second kappa shape index (κ2) is 4.52. The van der Waals surface area contributed by atoms with Gasteiger partial charge in [0, 0.05) is 23.1 Å². The summed E-state index contributed by atoms with van der Waals surface area (Å²) in [6.07, 6.45) is 1.78. The highest BCUT2D eigenvalue weighted by Gasteiger charge is 2.16. The molecule has 0 aliphatic rings. The number of rotatable bonds is 2. The fourth-order valence-electron chi connectivity index (χ4n) is 2.31. The van der Waals surface area contributed by atoms with Crippen LogP contribution < -0.4 is 11.6 Å². The van der Waals surface area contributed by atoms with E-state index in [1.165, 1.54) is 4.68 Å². The van der Waals surface area contributed by atoms with E-state index < -0.39 is 0 Å². The molecule has 0 aliphatic carbocycles. The van der Waals surface area contributed by atoms with Gasteiger partial charge in [0.2, 0.25) is 0 Å². The van der Waals surface area contributed by atoms with Crippen LogP contribution in [0.4, 0.5) is 5.82 Å². The Labute approximate surface area is 117 Å². The Morgan fingerprint density at radius 3 is 2.70 bits per heavy atom. The Morgan fingerprint density at radius 2 is 2.00 bits per heavy atom. The minimum atomic E-state index is 0.221. The van der Waals surface area contributed by atoms with Crippen molar-refractivity contribution in [3.63, 3.8) is 0 Å². The molecule has 1 aromatic carbocycles. The van der Waals surface area contributed by atoms with E-state index >= 15 is 0 Å². The predicted octanol–water partition coefficient (Wildman–Crippen LogP) is 2.52. The zero-order valence-corrected chi connectivity index (χ0v) is 11.5. The predicted molar refractivity (Wildman–Crippen MR) is 81.6 cm³/mol. The van der Waals surface area contributed by atoms with Crippen molar-refractivity contribution in [2.45, 2.75) is 19.8 Å². The molecule has 0 spiro atoms. The summed E-state index contributed by atoms with van der Waals surface area (Å²) in [6.45, 7) is 4.08. The molecule has 0 unspecified atom stereocenters. The summed E-state index contributed by atoms with van der Waals surface area (Å²) in [5, 5.41) is 1.06. The molecular weight excluding hydrogens is 250 g/mol. The lowest BCUT2D eigenvalue weighted by molar-refractivity contribution is 0.739. The summed E-state index contributed by atoms with van der Waals surface area (Å²) < 4.78 is 1.47. The van der Waals surface area contributed by atoms with Gasteiger partial charge in [0.1, 0.15) is 11.5 Å². The lowest BCUT2D eigenvalue weighted by Crippen LogP contribution is -2.16. The topological polar surface area (TPSA) is 82.8 Å². The minimum Gasteiger partial charge on any atom is -0.382 e. The van der Waals surface area contributed by atoms with Crippen molar-refractivity contribution in [2.75, 3.05) is 11.6 Å². The molecule has 0 amide bonds. The SMILES string of the molecule is CC(C)c1nc(-c2ccc3ncccc3c2)c(N)n1N. The van der Waals surface area contributed by atoms with Gasteiger partial charge in [-0.05, 0) is 18.2 Å². The maximum atomic E-state index is 6.08. The zero-order chi connectivity index (χ0) is 14.3. The number of benzene rings is 1. The van der Waals surface area contributed by atoms with Crippen LogP contribution in [0, 0.1) is 0 Å². The minimum absolute atomic E-state index is 0.221. The Kier molecular flexibility index (Phi) is 2.82. The van der Waals surface area contributed by atoms with E-state index in [1.54, 1.807) is 6.20 Å². The Hall–Kier alpha value is -2.56. The van der Waals surface area contributed by atoms with Crippen molar-refractivity contribution in [1.82, 2.24) is 14.6 Å². The van der Waals surface area contributed by atoms with Crippen molar-refractivity contribution >= 4 is 16.7 Å². The van der Waals surface area contributed by atoms with Crippen molar-refractivity contribution in [3.8, 4) is 11.3 Å². The molecule has 102 valence electrons. The lowest BCUT2D eigenvalue weighted by atomic mass is 10.1. The van der Waals surface area contributed by atoms with Crippen molar-refractivity contribution in [2.24, 2.45) is 0 Å². The molecule has 2 aromatic heterocycles. The monoisotopic (exact) mass is 267 g/mol. The van der Waals surface area contributed by atoms with Crippen LogP contribution in [0.25, 0.3) is 22.2 Å². The number of aromatic nitrogens is 3. The van der Waals surface area contributed by atoms with E-state index in [-0.39, 0.29) is 5.92 Å². The molecule has 2 heterocycles. The van der Waals surface area contributed by atoms with Crippen molar-refractivity contribution in [1.29, 1.82) is 0 Å². The number of imidazole rings is 1. The number of nitrogen functional groups attached to an aromatic ring is 2. The second-order valence-electron chi connectivity index (χ2n) is 5.14. The van der Waals surface area contributed by atoms with E-state index in [9.17, 15) is 0 Å². The van der Waals surface area contributed by atoms with Crippen LogP contribution in [0.3, 0.4) is 0 Å². The Balaban J connectivity index is 2.18. The van der Waals surface area contributed by atoms with E-state index in [2.05, 4.69) is 9.97 Å². The summed E-state index contributed by atoms with van der Waals surface area (Å²) in [6, 6.07) is 9.90. The summed E-state index contributed by atoms with van der Waals surface area (Å²) in [4.78, 5) is 8.89. The molecule has 0 atom stereocenters. The van der Waals surface area contributed by atoms with Gasteiger partial charge in [0.25, 0.3) is 0 Å². The normalized spacial score (nSPS) is 11.3. The lowest BCUT2D eigenvalue weighted by Gasteiger charge is -2.04. The zero-order valence-electron chi connectivity index (χ0n) is 11.5. The molecule has 20 heavy (non-hydrogen) atoms. The van der Waals surface area contributed by atoms with Gasteiger partial charge in [-0.15, -0.1) is 0 Å². The summed E-state index contributed by atoms with van der Waals surface area (Å²) in [5.74, 6) is 7.46. The fraction of sp³-hybridized carbons (Fsp3) is 0.200. The molecule has 3 rings (SSSR count). The van der Waals surface area contributed by atoms with E-state index in [0.717, 1.165) is 28.0 Å². The van der Waals surface area contributed by atoms with Gasteiger partial charge < -0.3 is 11.6 Å². The summed E-state index contributed by atoms with van der Waals surface area (Å²) in [5.41, 5.74) is 8.70. The summed E-state index contributed by atoms with van der Waals surface area (Å²) in [7, 11) is 0. The average Bonchev–Trinajstić information content (AvgIpc) is 2.75. The van der Waals surface area contributed by atoms with Crippen molar-refractivity contribution < 1.29 is 0 Å². The molecule has 5 heteroatoms. The van der Waals surface area contributed by atoms with Crippen LogP contribution in [-0.4, -0.2) is 14.6 Å². The van der Waals surface area contributed by atoms with E-state index in [0.29, 0.717) is 5.82 Å². The van der Waals surface area contributed by atoms with Gasteiger partial charge >= 0.3 is 0 Å². The first-order chi connectivity index (χ1) is 9.58. The van der Waals surface area contributed by atoms with Crippen LogP contribution in [0.1, 0.15) is 25.6 Å². The van der Waals surface area contributed by atoms with Gasteiger partial charge in [0.15, 0.2) is 5.82 Å². The van der Waals surface area contributed by atoms with Crippen LogP contribution >= 0.6 is 0 Å². The number of hydrogen-bond donors (Lipinski definition) is 2. The van der Waals surface area contributed by atoms with Crippen LogP contribution in [0.5, 0.6) is 0 Å². The number of nitrogens with zero attached hydrogens (tertiary/aromatic N) is 3. The average molecular weight is 267 g/mol. The maximum Gasteiger partial charge on any atom is 0.150 e. The molecule has 0 saturated heterocycles. The van der Waals surface area contributed by atoms with Crippen LogP contribution in [0.15, 0.2) is 36.5 Å². The smallest absolute Gasteiger partial charge is 0.150 e. The molecule has 4 N–H and O–H groups in total. The maximum absolute atomic E-state index is 6.08. The van der Waals surface area contributed by atoms with Gasteiger partial charge in [0.05, 0.1) is 5.52 Å². The number of fused-ring (bicyclic) bond motifs is 1. The molecule has 5 nitrogen and oxygen atoms in total. The van der Waals surface area contributed by atoms with E-state index in [1.807, 2.05) is 44.2 Å². The van der Waals surface area contributed by atoms with Crippen LogP contribution in [0.2, 0.25) is 0 Å². The molecule has 3 aromatic rings. The molecule has 0 fully saturated rings. The Morgan fingerprint density at radius 1 is 1.20 bits per heavy atom. The van der Waals surface area contributed by atoms with Gasteiger partial charge in [-0.1, -0.05) is 26.0 Å².